The predicted octanol–water partition coefficient (Wildman–Crippen LogP) is 1.76. The molecule has 1 aromatic heterocycles. The van der Waals surface area contributed by atoms with Crippen LogP contribution in [0.2, 0.25) is 0 Å². The van der Waals surface area contributed by atoms with Gasteiger partial charge in [-0.15, -0.1) is 0 Å². The van der Waals surface area contributed by atoms with Gasteiger partial charge < -0.3 is 4.74 Å². The molecule has 6 heteroatoms. The number of rotatable bonds is 3. The number of aromatic nitrogens is 2. The summed E-state index contributed by atoms with van der Waals surface area (Å²) >= 11 is 0. The molecule has 2 rings (SSSR count). The molecule has 0 atom stereocenters. The first-order valence-corrected chi connectivity index (χ1v) is 4.99. The third-order valence-corrected chi connectivity index (χ3v) is 2.39. The highest BCUT2D eigenvalue weighted by atomic mass is 19.3. The molecule has 0 saturated carbocycles. The summed E-state index contributed by atoms with van der Waals surface area (Å²) in [7, 11) is 1.43. The zero-order valence-corrected chi connectivity index (χ0v) is 9.46. The Balaban J connectivity index is 2.62. The lowest BCUT2D eigenvalue weighted by Crippen LogP contribution is -2.27. The minimum absolute atomic E-state index is 0.172. The number of H-pyrrole nitrogens is 1. The van der Waals surface area contributed by atoms with Crippen molar-refractivity contribution >= 4 is 6.08 Å². The zero-order chi connectivity index (χ0) is 13.3. The fraction of sp³-hybridized carbons (Fsp3) is 0.167. The van der Waals surface area contributed by atoms with Crippen LogP contribution in [-0.2, 0) is 10.7 Å². The van der Waals surface area contributed by atoms with Crippen LogP contribution < -0.4 is 5.56 Å². The molecule has 1 heterocycles. The lowest BCUT2D eigenvalue weighted by molar-refractivity contribution is 0.0458. The summed E-state index contributed by atoms with van der Waals surface area (Å²) in [6.45, 7) is 2.99. The maximum absolute atomic E-state index is 13.4. The Labute approximate surface area is 101 Å². The Bertz CT molecular complexity index is 615. The average molecular weight is 251 g/mol. The van der Waals surface area contributed by atoms with E-state index < -0.39 is 17.2 Å². The Hall–Kier alpha value is -2.33. The van der Waals surface area contributed by atoms with Gasteiger partial charge in [0.2, 0.25) is 17.1 Å². The van der Waals surface area contributed by atoms with Crippen LogP contribution in [0.5, 0.6) is 0 Å². The highest BCUT2D eigenvalue weighted by molar-refractivity contribution is 5.57. The lowest BCUT2D eigenvalue weighted by atomic mass is 10.1. The van der Waals surface area contributed by atoms with Gasteiger partial charge in [0.1, 0.15) is 12.2 Å². The van der Waals surface area contributed by atoms with Gasteiger partial charge in [-0.2, -0.15) is 13.8 Å². The molecule has 0 aliphatic heterocycles. The number of fused-ring (bicyclic) bond motifs is 1. The summed E-state index contributed by atoms with van der Waals surface area (Å²) in [6.07, 6.45) is 5.98. The predicted molar refractivity (Wildman–Crippen MR) is 60.8 cm³/mol. The van der Waals surface area contributed by atoms with E-state index in [0.29, 0.717) is 11.8 Å². The van der Waals surface area contributed by atoms with Crippen LogP contribution >= 0.6 is 0 Å². The molecule has 0 saturated heterocycles. The Morgan fingerprint density at radius 2 is 2.33 bits per heavy atom. The number of hydrogen-bond donors (Lipinski definition) is 1. The van der Waals surface area contributed by atoms with E-state index in [-0.39, 0.29) is 11.4 Å². The first-order valence-electron chi connectivity index (χ1n) is 4.99. The number of methoxy groups -OCH3 is 1. The van der Waals surface area contributed by atoms with Crippen LogP contribution in [0.4, 0.5) is 8.78 Å². The van der Waals surface area contributed by atoms with Crippen molar-refractivity contribution < 1.29 is 13.5 Å². The highest BCUT2D eigenvalue weighted by Crippen LogP contribution is 2.26. The van der Waals surface area contributed by atoms with Crippen molar-refractivity contribution in [2.45, 2.75) is 5.92 Å². The maximum atomic E-state index is 13.4. The standard InChI is InChI=1S/C12H8F2N2O2/c1-3-12(13,14)10-11(17)16-8-5-4-7(18-2)6-9(8)15-10/h3-4,6H,1H2,2H3/p+1. The number of allylic oxidation sites excluding steroid dienone is 2. The quantitative estimate of drug-likeness (QED) is 0.657. The van der Waals surface area contributed by atoms with Gasteiger partial charge >= 0.3 is 5.92 Å². The molecule has 18 heavy (non-hydrogen) atoms. The van der Waals surface area contributed by atoms with Gasteiger partial charge in [-0.1, -0.05) is 6.58 Å². The van der Waals surface area contributed by atoms with Crippen molar-refractivity contribution in [2.75, 3.05) is 7.11 Å². The van der Waals surface area contributed by atoms with E-state index in [1.165, 1.54) is 19.3 Å². The number of nitrogens with zero attached hydrogens (tertiary/aromatic N) is 1. The molecule has 1 aliphatic carbocycles. The third kappa shape index (κ3) is 1.94. The molecular weight excluding hydrogens is 242 g/mol. The zero-order valence-electron chi connectivity index (χ0n) is 9.46. The number of aromatic amines is 1. The fourth-order valence-corrected chi connectivity index (χ4v) is 1.44. The van der Waals surface area contributed by atoms with Crippen LogP contribution in [0.3, 0.4) is 0 Å². The topological polar surface area (TPSA) is 55.0 Å². The summed E-state index contributed by atoms with van der Waals surface area (Å²) in [5, 5.41) is 0. The minimum atomic E-state index is -3.48. The van der Waals surface area contributed by atoms with Gasteiger partial charge in [-0.3, -0.25) is 9.78 Å². The largest absolute Gasteiger partial charge is 0.437 e. The van der Waals surface area contributed by atoms with Crippen molar-refractivity contribution in [1.29, 1.82) is 0 Å². The minimum Gasteiger partial charge on any atom is -0.437 e. The molecule has 1 aromatic rings. The summed E-state index contributed by atoms with van der Waals surface area (Å²) in [4.78, 5) is 17.4. The average Bonchev–Trinajstić information content (AvgIpc) is 2.37. The van der Waals surface area contributed by atoms with Gasteiger partial charge in [0.25, 0.3) is 5.56 Å². The second-order valence-electron chi connectivity index (χ2n) is 3.54. The van der Waals surface area contributed by atoms with E-state index in [2.05, 4.69) is 22.6 Å². The van der Waals surface area contributed by atoms with Gasteiger partial charge in [0.05, 0.1) is 13.2 Å². The van der Waals surface area contributed by atoms with Crippen molar-refractivity contribution in [2.24, 2.45) is 0 Å². The smallest absolute Gasteiger partial charge is 0.314 e. The Morgan fingerprint density at radius 3 is 2.94 bits per heavy atom. The van der Waals surface area contributed by atoms with Crippen LogP contribution in [0.25, 0.3) is 6.08 Å². The van der Waals surface area contributed by atoms with E-state index in [4.69, 9.17) is 4.74 Å². The number of hydrogen-bond acceptors (Lipinski definition) is 3. The second-order valence-corrected chi connectivity index (χ2v) is 3.54. The summed E-state index contributed by atoms with van der Waals surface area (Å²) in [6, 6.07) is 0. The van der Waals surface area contributed by atoms with E-state index in [9.17, 15) is 13.6 Å². The van der Waals surface area contributed by atoms with E-state index in [0.717, 1.165) is 0 Å². The molecule has 0 amide bonds. The summed E-state index contributed by atoms with van der Waals surface area (Å²) < 4.78 is 31.8. The van der Waals surface area contributed by atoms with Crippen molar-refractivity contribution in [3.8, 4) is 0 Å². The van der Waals surface area contributed by atoms with Crippen molar-refractivity contribution in [1.82, 2.24) is 9.97 Å². The first-order chi connectivity index (χ1) is 8.47. The van der Waals surface area contributed by atoms with Gasteiger partial charge in [-0.05, 0) is 6.08 Å². The Kier molecular flexibility index (Phi) is 2.80. The van der Waals surface area contributed by atoms with Crippen molar-refractivity contribution in [3.05, 3.63) is 58.0 Å². The molecule has 0 unspecified atom stereocenters. The van der Waals surface area contributed by atoms with Crippen LogP contribution in [0, 0.1) is 6.08 Å². The number of alkyl halides is 2. The molecule has 1 aliphatic rings. The van der Waals surface area contributed by atoms with Gasteiger partial charge in [-0.25, -0.2) is 0 Å². The van der Waals surface area contributed by atoms with E-state index in [1.54, 1.807) is 0 Å². The molecular formula is C12H9F2N2O2+. The summed E-state index contributed by atoms with van der Waals surface area (Å²) in [5.41, 5.74) is -1.45. The third-order valence-electron chi connectivity index (χ3n) is 2.39. The molecule has 0 radical (unpaired) electrons. The molecule has 0 fully saturated rings. The van der Waals surface area contributed by atoms with Gasteiger partial charge in [0.15, 0.2) is 5.69 Å². The first kappa shape index (κ1) is 12.1. The SMILES string of the molecule is C=CC(F)(F)c1nc2c([nH]c1=O)[C+]=CC(OC)=C2. The molecule has 0 aromatic carbocycles. The van der Waals surface area contributed by atoms with E-state index >= 15 is 0 Å². The fourth-order valence-electron chi connectivity index (χ4n) is 1.44. The molecule has 1 N–H and O–H groups in total. The normalized spacial score (nSPS) is 13.4. The Morgan fingerprint density at radius 1 is 1.61 bits per heavy atom. The second kappa shape index (κ2) is 4.16. The summed E-state index contributed by atoms with van der Waals surface area (Å²) in [5.74, 6) is -3.07. The number of halogens is 2. The molecule has 0 spiro atoms. The van der Waals surface area contributed by atoms with Crippen LogP contribution in [-0.4, -0.2) is 17.1 Å². The molecule has 92 valence electrons. The molecule has 0 bridgehead atoms. The van der Waals surface area contributed by atoms with Crippen LogP contribution in [0.1, 0.15) is 17.1 Å². The number of nitrogens with one attached hydrogen (secondary N) is 1. The van der Waals surface area contributed by atoms with Crippen LogP contribution in [0.15, 0.2) is 29.3 Å². The van der Waals surface area contributed by atoms with E-state index in [1.807, 2.05) is 0 Å². The highest BCUT2D eigenvalue weighted by Gasteiger charge is 2.35. The lowest BCUT2D eigenvalue weighted by Gasteiger charge is -2.09. The maximum Gasteiger partial charge on any atom is 0.314 e. The number of ether oxygens (including phenoxy) is 1. The monoisotopic (exact) mass is 251 g/mol. The van der Waals surface area contributed by atoms with Crippen molar-refractivity contribution in [3.63, 3.8) is 0 Å². The molecule has 4 nitrogen and oxygen atoms in total. The van der Waals surface area contributed by atoms with Gasteiger partial charge in [0, 0.05) is 0 Å².